The topological polar surface area (TPSA) is 50.1 Å². The number of hydrogen-bond donors (Lipinski definition) is 0. The lowest BCUT2D eigenvalue weighted by atomic mass is 10.1. The van der Waals surface area contributed by atoms with Crippen LogP contribution in [0.1, 0.15) is 16.0 Å². The maximum absolute atomic E-state index is 11.5. The summed E-state index contributed by atoms with van der Waals surface area (Å²) in [7, 11) is 0. The van der Waals surface area contributed by atoms with Gasteiger partial charge in [0.15, 0.2) is 0 Å². The Morgan fingerprint density at radius 3 is 2.89 bits per heavy atom. The van der Waals surface area contributed by atoms with Crippen molar-refractivity contribution in [2.75, 3.05) is 0 Å². The van der Waals surface area contributed by atoms with Crippen molar-refractivity contribution in [2.24, 2.45) is 0 Å². The minimum absolute atomic E-state index is 0.108. The second-order valence-electron chi connectivity index (χ2n) is 3.73. The van der Waals surface area contributed by atoms with Crippen LogP contribution < -0.4 is 0 Å². The maximum Gasteiger partial charge on any atom is 0.331 e. The molecule has 0 unspecified atom stereocenters. The molecule has 3 nitrogen and oxygen atoms in total. The Hall–Kier alpha value is -2.38. The molecule has 1 aromatic carbocycles. The Labute approximate surface area is 115 Å². The van der Waals surface area contributed by atoms with Gasteiger partial charge in [-0.1, -0.05) is 24.3 Å². The van der Waals surface area contributed by atoms with Crippen LogP contribution in [-0.4, -0.2) is 5.97 Å². The highest BCUT2D eigenvalue weighted by Gasteiger charge is 2.03. The molecule has 0 amide bonds. The zero-order valence-corrected chi connectivity index (χ0v) is 10.9. The normalized spacial score (nSPS) is 10.3. The Morgan fingerprint density at radius 1 is 1.32 bits per heavy atom. The molecule has 0 saturated heterocycles. The predicted molar refractivity (Wildman–Crippen MR) is 74.3 cm³/mol. The summed E-state index contributed by atoms with van der Waals surface area (Å²) in [6.45, 7) is 0.108. The summed E-state index contributed by atoms with van der Waals surface area (Å²) in [6.07, 6.45) is 3.10. The molecule has 2 aromatic rings. The van der Waals surface area contributed by atoms with Gasteiger partial charge < -0.3 is 4.74 Å². The number of esters is 1. The van der Waals surface area contributed by atoms with Crippen LogP contribution in [0.2, 0.25) is 0 Å². The highest BCUT2D eigenvalue weighted by Crippen LogP contribution is 2.11. The second-order valence-corrected chi connectivity index (χ2v) is 4.70. The molecule has 0 N–H and O–H groups in total. The molecule has 0 radical (unpaired) electrons. The smallest absolute Gasteiger partial charge is 0.331 e. The minimum Gasteiger partial charge on any atom is -0.458 e. The first-order valence-electron chi connectivity index (χ1n) is 5.66. The van der Waals surface area contributed by atoms with E-state index in [2.05, 4.69) is 6.07 Å². The fourth-order valence-electron chi connectivity index (χ4n) is 1.49. The van der Waals surface area contributed by atoms with Crippen molar-refractivity contribution in [3.8, 4) is 6.07 Å². The van der Waals surface area contributed by atoms with Crippen LogP contribution in [-0.2, 0) is 16.1 Å². The summed E-state index contributed by atoms with van der Waals surface area (Å²) in [5.74, 6) is -0.416. The van der Waals surface area contributed by atoms with Gasteiger partial charge in [-0.15, -0.1) is 11.3 Å². The monoisotopic (exact) mass is 269 g/mol. The zero-order chi connectivity index (χ0) is 13.5. The van der Waals surface area contributed by atoms with Gasteiger partial charge >= 0.3 is 5.97 Å². The Morgan fingerprint density at radius 2 is 2.16 bits per heavy atom. The van der Waals surface area contributed by atoms with Crippen LogP contribution in [0.4, 0.5) is 0 Å². The first-order chi connectivity index (χ1) is 9.29. The number of hydrogen-bond acceptors (Lipinski definition) is 4. The van der Waals surface area contributed by atoms with E-state index in [4.69, 9.17) is 10.00 Å². The van der Waals surface area contributed by atoms with E-state index in [1.807, 2.05) is 23.6 Å². The van der Waals surface area contributed by atoms with Crippen LogP contribution in [0.15, 0.2) is 47.9 Å². The Kier molecular flexibility index (Phi) is 4.49. The highest BCUT2D eigenvalue weighted by atomic mass is 32.1. The van der Waals surface area contributed by atoms with E-state index in [9.17, 15) is 4.79 Å². The molecule has 1 heterocycles. The third-order valence-corrected chi connectivity index (χ3v) is 3.27. The van der Waals surface area contributed by atoms with Crippen LogP contribution in [0.3, 0.4) is 0 Å². The first kappa shape index (κ1) is 13.1. The fraction of sp³-hybridized carbons (Fsp3) is 0.0667. The van der Waals surface area contributed by atoms with Crippen molar-refractivity contribution in [1.82, 2.24) is 0 Å². The predicted octanol–water partition coefficient (Wildman–Crippen LogP) is 3.38. The molecule has 0 saturated carbocycles. The Balaban J connectivity index is 1.92. The fourth-order valence-corrected chi connectivity index (χ4v) is 2.11. The second kappa shape index (κ2) is 6.53. The van der Waals surface area contributed by atoms with Crippen molar-refractivity contribution < 1.29 is 9.53 Å². The van der Waals surface area contributed by atoms with Crippen LogP contribution in [0.25, 0.3) is 6.08 Å². The van der Waals surface area contributed by atoms with Gasteiger partial charge in [0.05, 0.1) is 11.6 Å². The van der Waals surface area contributed by atoms with Crippen LogP contribution in [0, 0.1) is 11.3 Å². The number of carbonyl (C=O) groups is 1. The highest BCUT2D eigenvalue weighted by molar-refractivity contribution is 7.10. The molecule has 0 atom stereocenters. The molecule has 0 fully saturated rings. The molecule has 0 aliphatic heterocycles. The molecular formula is C15H11NO2S. The summed E-state index contributed by atoms with van der Waals surface area (Å²) in [4.78, 5) is 12.5. The standard InChI is InChI=1S/C15H11NO2S/c16-10-12-4-1-2-5-13(12)11-18-15(17)8-7-14-6-3-9-19-14/h1-9H,11H2. The maximum atomic E-state index is 11.5. The summed E-state index contributed by atoms with van der Waals surface area (Å²) in [5.41, 5.74) is 1.24. The average molecular weight is 269 g/mol. The van der Waals surface area contributed by atoms with E-state index < -0.39 is 5.97 Å². The Bertz CT molecular complexity index is 624. The first-order valence-corrected chi connectivity index (χ1v) is 6.54. The SMILES string of the molecule is N#Cc1ccccc1COC(=O)C=Cc1cccs1. The minimum atomic E-state index is -0.416. The number of thiophene rings is 1. The van der Waals surface area contributed by atoms with E-state index in [1.54, 1.807) is 35.6 Å². The molecular weight excluding hydrogens is 258 g/mol. The van der Waals surface area contributed by atoms with E-state index in [0.29, 0.717) is 11.1 Å². The van der Waals surface area contributed by atoms with Crippen LogP contribution >= 0.6 is 11.3 Å². The zero-order valence-electron chi connectivity index (χ0n) is 10.1. The van der Waals surface area contributed by atoms with Crippen LogP contribution in [0.5, 0.6) is 0 Å². The number of ether oxygens (including phenoxy) is 1. The van der Waals surface area contributed by atoms with Crippen molar-refractivity contribution >= 4 is 23.4 Å². The lowest BCUT2D eigenvalue weighted by Gasteiger charge is -2.03. The average Bonchev–Trinajstić information content (AvgIpc) is 2.96. The molecule has 4 heteroatoms. The molecule has 0 aliphatic rings. The van der Waals surface area contributed by atoms with E-state index in [0.717, 1.165) is 4.88 Å². The van der Waals surface area contributed by atoms with Crippen molar-refractivity contribution in [3.05, 3.63) is 63.9 Å². The van der Waals surface area contributed by atoms with Gasteiger partial charge in [-0.05, 0) is 23.6 Å². The molecule has 94 valence electrons. The van der Waals surface area contributed by atoms with Crippen molar-refractivity contribution in [2.45, 2.75) is 6.61 Å². The van der Waals surface area contributed by atoms with Gasteiger partial charge in [0.2, 0.25) is 0 Å². The van der Waals surface area contributed by atoms with E-state index >= 15 is 0 Å². The van der Waals surface area contributed by atoms with Crippen molar-refractivity contribution in [1.29, 1.82) is 5.26 Å². The quantitative estimate of drug-likeness (QED) is 0.631. The number of carbonyl (C=O) groups excluding carboxylic acids is 1. The lowest BCUT2D eigenvalue weighted by molar-refractivity contribution is -0.138. The molecule has 0 aliphatic carbocycles. The van der Waals surface area contributed by atoms with Gasteiger partial charge in [0.25, 0.3) is 0 Å². The van der Waals surface area contributed by atoms with Gasteiger partial charge in [0.1, 0.15) is 6.61 Å². The van der Waals surface area contributed by atoms with E-state index in [1.165, 1.54) is 6.08 Å². The van der Waals surface area contributed by atoms with Gasteiger partial charge in [-0.25, -0.2) is 4.79 Å². The molecule has 2 rings (SSSR count). The molecule has 1 aromatic heterocycles. The lowest BCUT2D eigenvalue weighted by Crippen LogP contribution is -2.02. The summed E-state index contributed by atoms with van der Waals surface area (Å²) < 4.78 is 5.10. The number of nitrogens with zero attached hydrogens (tertiary/aromatic N) is 1. The third kappa shape index (κ3) is 3.80. The number of benzene rings is 1. The molecule has 0 bridgehead atoms. The van der Waals surface area contributed by atoms with Crippen molar-refractivity contribution in [3.63, 3.8) is 0 Å². The van der Waals surface area contributed by atoms with Gasteiger partial charge in [0, 0.05) is 16.5 Å². The van der Waals surface area contributed by atoms with E-state index in [-0.39, 0.29) is 6.61 Å². The molecule has 19 heavy (non-hydrogen) atoms. The summed E-state index contributed by atoms with van der Waals surface area (Å²) in [5, 5.41) is 10.8. The number of rotatable bonds is 4. The summed E-state index contributed by atoms with van der Waals surface area (Å²) in [6, 6.07) is 13.0. The molecule has 0 spiro atoms. The largest absolute Gasteiger partial charge is 0.458 e. The summed E-state index contributed by atoms with van der Waals surface area (Å²) >= 11 is 1.55. The van der Waals surface area contributed by atoms with Gasteiger partial charge in [-0.3, -0.25) is 0 Å². The number of nitriles is 1. The van der Waals surface area contributed by atoms with Gasteiger partial charge in [-0.2, -0.15) is 5.26 Å². The third-order valence-electron chi connectivity index (χ3n) is 2.43.